The molecule has 0 unspecified atom stereocenters. The Balaban J connectivity index is 1.82. The van der Waals surface area contributed by atoms with Gasteiger partial charge in [-0.05, 0) is 55.2 Å². The van der Waals surface area contributed by atoms with Crippen molar-refractivity contribution >= 4 is 11.7 Å². The van der Waals surface area contributed by atoms with Crippen molar-refractivity contribution < 1.29 is 14.3 Å². The number of carbonyl (C=O) groups excluding carboxylic acids is 2. The fourth-order valence-corrected chi connectivity index (χ4v) is 3.84. The summed E-state index contributed by atoms with van der Waals surface area (Å²) in [5.74, 6) is 1.02. The van der Waals surface area contributed by atoms with Gasteiger partial charge < -0.3 is 9.64 Å². The Hall–Kier alpha value is -2.88. The van der Waals surface area contributed by atoms with E-state index in [-0.39, 0.29) is 11.7 Å². The van der Waals surface area contributed by atoms with E-state index in [1.807, 2.05) is 18.2 Å². The molecule has 0 atom stereocenters. The number of likely N-dealkylation sites (N-methyl/N-ethyl adjacent to an activating group) is 1. The van der Waals surface area contributed by atoms with Gasteiger partial charge >= 0.3 is 0 Å². The first-order valence-electron chi connectivity index (χ1n) is 10.3. The zero-order valence-corrected chi connectivity index (χ0v) is 17.3. The standard InChI is InChI=1S/C25H29NO3/c1-26(25(28)21-11-7-4-8-12-21)18-22(17-19-9-5-3-6-10-19)24(27)20-13-15-23(29-2)16-14-20/h4,7-8,11-17,19H,3,5-6,9-10,18H2,1-2H3/b22-17+. The largest absolute Gasteiger partial charge is 0.497 e. The van der Waals surface area contributed by atoms with Crippen LogP contribution in [0.4, 0.5) is 0 Å². The zero-order chi connectivity index (χ0) is 20.6. The molecule has 0 N–H and O–H groups in total. The Morgan fingerprint density at radius 3 is 2.24 bits per heavy atom. The maximum absolute atomic E-state index is 13.3. The second-order valence-corrected chi connectivity index (χ2v) is 7.67. The number of ketones is 1. The van der Waals surface area contributed by atoms with E-state index >= 15 is 0 Å². The maximum Gasteiger partial charge on any atom is 0.253 e. The maximum atomic E-state index is 13.3. The summed E-state index contributed by atoms with van der Waals surface area (Å²) in [5, 5.41) is 0. The van der Waals surface area contributed by atoms with Crippen LogP contribution in [0.1, 0.15) is 52.8 Å². The minimum absolute atomic E-state index is 0.0223. The van der Waals surface area contributed by atoms with Gasteiger partial charge in [-0.15, -0.1) is 0 Å². The number of nitrogens with zero attached hydrogens (tertiary/aromatic N) is 1. The van der Waals surface area contributed by atoms with Crippen LogP contribution in [0.15, 0.2) is 66.2 Å². The molecule has 0 spiro atoms. The highest BCUT2D eigenvalue weighted by molar-refractivity contribution is 6.09. The normalized spacial score (nSPS) is 15.0. The van der Waals surface area contributed by atoms with Gasteiger partial charge in [0.15, 0.2) is 5.78 Å². The third-order valence-electron chi connectivity index (χ3n) is 5.51. The quantitative estimate of drug-likeness (QED) is 0.484. The summed E-state index contributed by atoms with van der Waals surface area (Å²) in [4.78, 5) is 27.7. The number of allylic oxidation sites excluding steroid dienone is 1. The first kappa shape index (κ1) is 20.8. The van der Waals surface area contributed by atoms with Crippen LogP contribution in [0.25, 0.3) is 0 Å². The molecule has 2 aromatic rings. The number of Topliss-reactive ketones (excluding diaryl/α,β-unsaturated/α-hetero) is 1. The molecule has 1 aliphatic rings. The Morgan fingerprint density at radius 1 is 0.966 bits per heavy atom. The minimum atomic E-state index is -0.0809. The van der Waals surface area contributed by atoms with Crippen molar-refractivity contribution in [1.29, 1.82) is 0 Å². The number of benzene rings is 2. The molecule has 1 aliphatic carbocycles. The first-order chi connectivity index (χ1) is 14.1. The zero-order valence-electron chi connectivity index (χ0n) is 17.3. The van der Waals surface area contributed by atoms with Gasteiger partial charge in [-0.1, -0.05) is 43.5 Å². The van der Waals surface area contributed by atoms with Crippen molar-refractivity contribution in [2.45, 2.75) is 32.1 Å². The Bertz CT molecular complexity index is 849. The van der Waals surface area contributed by atoms with Crippen LogP contribution in [0.3, 0.4) is 0 Å². The van der Waals surface area contributed by atoms with E-state index in [1.54, 1.807) is 55.5 Å². The van der Waals surface area contributed by atoms with E-state index in [9.17, 15) is 9.59 Å². The lowest BCUT2D eigenvalue weighted by atomic mass is 9.86. The number of hydrogen-bond donors (Lipinski definition) is 0. The Labute approximate surface area is 173 Å². The van der Waals surface area contributed by atoms with E-state index in [4.69, 9.17) is 4.74 Å². The molecule has 0 bridgehead atoms. The molecule has 3 rings (SSSR count). The van der Waals surface area contributed by atoms with Crippen molar-refractivity contribution in [2.75, 3.05) is 20.7 Å². The number of carbonyl (C=O) groups is 2. The monoisotopic (exact) mass is 391 g/mol. The number of hydrogen-bond acceptors (Lipinski definition) is 3. The van der Waals surface area contributed by atoms with E-state index in [0.29, 0.717) is 29.2 Å². The number of rotatable bonds is 7. The molecule has 152 valence electrons. The Kier molecular flexibility index (Phi) is 7.23. The van der Waals surface area contributed by atoms with Crippen LogP contribution in [0, 0.1) is 5.92 Å². The summed E-state index contributed by atoms with van der Waals surface area (Å²) in [6.07, 6.45) is 7.98. The number of ether oxygens (including phenoxy) is 1. The Morgan fingerprint density at radius 2 is 1.62 bits per heavy atom. The fourth-order valence-electron chi connectivity index (χ4n) is 3.84. The molecular weight excluding hydrogens is 362 g/mol. The molecule has 1 saturated carbocycles. The van der Waals surface area contributed by atoms with Gasteiger partial charge in [-0.2, -0.15) is 0 Å². The highest BCUT2D eigenvalue weighted by atomic mass is 16.5. The van der Waals surface area contributed by atoms with Crippen LogP contribution in [0.5, 0.6) is 5.75 Å². The van der Waals surface area contributed by atoms with Gasteiger partial charge in [0.05, 0.1) is 7.11 Å². The molecule has 0 aromatic heterocycles. The molecule has 4 nitrogen and oxygen atoms in total. The van der Waals surface area contributed by atoms with E-state index in [0.717, 1.165) is 18.6 Å². The van der Waals surface area contributed by atoms with Crippen molar-refractivity contribution in [2.24, 2.45) is 5.92 Å². The fraction of sp³-hybridized carbons (Fsp3) is 0.360. The van der Waals surface area contributed by atoms with E-state index in [1.165, 1.54) is 19.3 Å². The molecule has 0 heterocycles. The van der Waals surface area contributed by atoms with E-state index in [2.05, 4.69) is 6.08 Å². The second kappa shape index (κ2) is 10.1. The third kappa shape index (κ3) is 5.57. The van der Waals surface area contributed by atoms with Crippen molar-refractivity contribution in [3.63, 3.8) is 0 Å². The molecule has 1 amide bonds. The van der Waals surface area contributed by atoms with Crippen LogP contribution < -0.4 is 4.74 Å². The van der Waals surface area contributed by atoms with Crippen LogP contribution >= 0.6 is 0 Å². The molecule has 0 aliphatic heterocycles. The van der Waals surface area contributed by atoms with Crippen LogP contribution in [0.2, 0.25) is 0 Å². The number of methoxy groups -OCH3 is 1. The molecule has 29 heavy (non-hydrogen) atoms. The summed E-state index contributed by atoms with van der Waals surface area (Å²) in [6, 6.07) is 16.4. The van der Waals surface area contributed by atoms with Gasteiger partial charge in [-0.25, -0.2) is 0 Å². The molecular formula is C25H29NO3. The first-order valence-corrected chi connectivity index (χ1v) is 10.3. The van der Waals surface area contributed by atoms with Crippen molar-refractivity contribution in [1.82, 2.24) is 4.90 Å². The lowest BCUT2D eigenvalue weighted by Crippen LogP contribution is -2.31. The second-order valence-electron chi connectivity index (χ2n) is 7.67. The predicted octanol–water partition coefficient (Wildman–Crippen LogP) is 5.16. The van der Waals surface area contributed by atoms with Crippen LogP contribution in [-0.2, 0) is 0 Å². The lowest BCUT2D eigenvalue weighted by Gasteiger charge is -2.23. The van der Waals surface area contributed by atoms with Gasteiger partial charge in [0.2, 0.25) is 0 Å². The average Bonchev–Trinajstić information content (AvgIpc) is 2.79. The van der Waals surface area contributed by atoms with Gasteiger partial charge in [0.25, 0.3) is 5.91 Å². The molecule has 0 saturated heterocycles. The summed E-state index contributed by atoms with van der Waals surface area (Å²) in [5.41, 5.74) is 1.94. The smallest absolute Gasteiger partial charge is 0.253 e. The molecule has 0 radical (unpaired) electrons. The molecule has 1 fully saturated rings. The summed E-state index contributed by atoms with van der Waals surface area (Å²) < 4.78 is 5.20. The third-order valence-corrected chi connectivity index (χ3v) is 5.51. The predicted molar refractivity (Wildman–Crippen MR) is 115 cm³/mol. The summed E-state index contributed by atoms with van der Waals surface area (Å²) in [6.45, 7) is 0.301. The van der Waals surface area contributed by atoms with Gasteiger partial charge in [-0.3, -0.25) is 9.59 Å². The van der Waals surface area contributed by atoms with Crippen molar-refractivity contribution in [3.8, 4) is 5.75 Å². The molecule has 4 heteroatoms. The number of amides is 1. The molecule has 2 aromatic carbocycles. The van der Waals surface area contributed by atoms with E-state index < -0.39 is 0 Å². The van der Waals surface area contributed by atoms with Gasteiger partial charge in [0.1, 0.15) is 5.75 Å². The highest BCUT2D eigenvalue weighted by Gasteiger charge is 2.21. The highest BCUT2D eigenvalue weighted by Crippen LogP contribution is 2.27. The SMILES string of the molecule is COc1ccc(C(=O)/C(=C/C2CCCCC2)CN(C)C(=O)c2ccccc2)cc1. The minimum Gasteiger partial charge on any atom is -0.497 e. The lowest BCUT2D eigenvalue weighted by molar-refractivity contribution is 0.0803. The van der Waals surface area contributed by atoms with Crippen LogP contribution in [-0.4, -0.2) is 37.3 Å². The summed E-state index contributed by atoms with van der Waals surface area (Å²) in [7, 11) is 3.36. The van der Waals surface area contributed by atoms with Crippen molar-refractivity contribution in [3.05, 3.63) is 77.4 Å². The average molecular weight is 392 g/mol. The topological polar surface area (TPSA) is 46.6 Å². The van der Waals surface area contributed by atoms with Gasteiger partial charge in [0, 0.05) is 30.3 Å². The summed E-state index contributed by atoms with van der Waals surface area (Å²) >= 11 is 0.